The van der Waals surface area contributed by atoms with Gasteiger partial charge in [-0.05, 0) is 48.0 Å². The average molecular weight is 432 g/mol. The largest absolute Gasteiger partial charge is 0.465 e. The van der Waals surface area contributed by atoms with Crippen LogP contribution in [-0.4, -0.2) is 21.5 Å². The average Bonchev–Trinajstić information content (AvgIpc) is 2.73. The van der Waals surface area contributed by atoms with Crippen LogP contribution >= 0.6 is 11.6 Å². The normalized spacial score (nSPS) is 11.1. The Bertz CT molecular complexity index is 1120. The Balaban J connectivity index is 1.74. The first kappa shape index (κ1) is 20.9. The van der Waals surface area contributed by atoms with Gasteiger partial charge in [0.1, 0.15) is 11.5 Å². The number of carbonyl (C=O) groups excluding carboxylic acids is 1. The van der Waals surface area contributed by atoms with Crippen LogP contribution in [0.25, 0.3) is 0 Å². The van der Waals surface area contributed by atoms with Crippen LogP contribution in [0, 0.1) is 0 Å². The monoisotopic (exact) mass is 431 g/mol. The standard InChI is InChI=1S/C21H18ClNO5S/c1-27-21(24)19-13-18(10-11-20(19)22)29(25,26)23-14-15-6-5-9-17(12-15)28-16-7-3-2-4-8-16/h2-13,23H,14H2,1H3. The molecule has 0 atom stereocenters. The maximum atomic E-state index is 12.6. The molecule has 3 rings (SSSR count). The highest BCUT2D eigenvalue weighted by Gasteiger charge is 2.19. The van der Waals surface area contributed by atoms with Crippen LogP contribution < -0.4 is 9.46 Å². The SMILES string of the molecule is COC(=O)c1cc(S(=O)(=O)NCc2cccc(Oc3ccccc3)c2)ccc1Cl. The van der Waals surface area contributed by atoms with Crippen molar-refractivity contribution in [2.24, 2.45) is 0 Å². The minimum Gasteiger partial charge on any atom is -0.465 e. The summed E-state index contributed by atoms with van der Waals surface area (Å²) in [6.07, 6.45) is 0. The quantitative estimate of drug-likeness (QED) is 0.561. The molecule has 0 aromatic heterocycles. The number of sulfonamides is 1. The van der Waals surface area contributed by atoms with Gasteiger partial charge in [-0.3, -0.25) is 0 Å². The van der Waals surface area contributed by atoms with Crippen LogP contribution in [0.1, 0.15) is 15.9 Å². The lowest BCUT2D eigenvalue weighted by Crippen LogP contribution is -2.23. The molecule has 0 unspecified atom stereocenters. The van der Waals surface area contributed by atoms with Crippen LogP contribution in [-0.2, 0) is 21.3 Å². The number of para-hydroxylation sites is 1. The highest BCUT2D eigenvalue weighted by atomic mass is 35.5. The first-order valence-corrected chi connectivity index (χ1v) is 10.4. The maximum Gasteiger partial charge on any atom is 0.339 e. The molecule has 0 fully saturated rings. The Kier molecular flexibility index (Phi) is 6.53. The van der Waals surface area contributed by atoms with Gasteiger partial charge in [-0.25, -0.2) is 17.9 Å². The van der Waals surface area contributed by atoms with Gasteiger partial charge >= 0.3 is 5.97 Å². The van der Waals surface area contributed by atoms with Crippen molar-refractivity contribution in [3.63, 3.8) is 0 Å². The summed E-state index contributed by atoms with van der Waals surface area (Å²) < 4.78 is 38.1. The second-order valence-corrected chi connectivity index (χ2v) is 8.19. The van der Waals surface area contributed by atoms with Crippen molar-refractivity contribution >= 4 is 27.6 Å². The van der Waals surface area contributed by atoms with Crippen LogP contribution in [0.4, 0.5) is 0 Å². The molecule has 3 aromatic rings. The minimum atomic E-state index is -3.87. The van der Waals surface area contributed by atoms with Crippen LogP contribution in [0.3, 0.4) is 0 Å². The lowest BCUT2D eigenvalue weighted by atomic mass is 10.2. The van der Waals surface area contributed by atoms with E-state index in [-0.39, 0.29) is 22.0 Å². The van der Waals surface area contributed by atoms with Crippen LogP contribution in [0.15, 0.2) is 77.7 Å². The smallest absolute Gasteiger partial charge is 0.339 e. The number of hydrogen-bond acceptors (Lipinski definition) is 5. The zero-order valence-electron chi connectivity index (χ0n) is 15.5. The summed E-state index contributed by atoms with van der Waals surface area (Å²) >= 11 is 5.95. The van der Waals surface area contributed by atoms with Crippen LogP contribution in [0.5, 0.6) is 11.5 Å². The summed E-state index contributed by atoms with van der Waals surface area (Å²) in [5.41, 5.74) is 0.694. The van der Waals surface area contributed by atoms with Gasteiger partial charge in [-0.1, -0.05) is 41.9 Å². The molecule has 0 aliphatic rings. The summed E-state index contributed by atoms with van der Waals surface area (Å²) in [6, 6.07) is 20.2. The van der Waals surface area contributed by atoms with Crippen molar-refractivity contribution in [3.8, 4) is 11.5 Å². The van der Waals surface area contributed by atoms with Gasteiger partial charge in [0.05, 0.1) is 22.6 Å². The van der Waals surface area contributed by atoms with Crippen molar-refractivity contribution in [2.45, 2.75) is 11.4 Å². The molecule has 29 heavy (non-hydrogen) atoms. The lowest BCUT2D eigenvalue weighted by molar-refractivity contribution is 0.0600. The molecule has 0 saturated heterocycles. The van der Waals surface area contributed by atoms with E-state index in [0.717, 1.165) is 0 Å². The molecule has 0 heterocycles. The number of carbonyl (C=O) groups is 1. The molecule has 0 radical (unpaired) electrons. The molecular formula is C21H18ClNO5S. The number of halogens is 1. The topological polar surface area (TPSA) is 81.7 Å². The predicted molar refractivity (Wildman–Crippen MR) is 110 cm³/mol. The van der Waals surface area contributed by atoms with E-state index < -0.39 is 16.0 Å². The fourth-order valence-corrected chi connectivity index (χ4v) is 3.78. The molecule has 150 valence electrons. The molecule has 0 aliphatic heterocycles. The van der Waals surface area contributed by atoms with Crippen molar-refractivity contribution in [1.29, 1.82) is 0 Å². The summed E-state index contributed by atoms with van der Waals surface area (Å²) in [4.78, 5) is 11.7. The number of methoxy groups -OCH3 is 1. The van der Waals surface area contributed by atoms with E-state index in [0.29, 0.717) is 17.1 Å². The molecule has 3 aromatic carbocycles. The number of esters is 1. The number of benzene rings is 3. The third-order valence-corrected chi connectivity index (χ3v) is 5.73. The summed E-state index contributed by atoms with van der Waals surface area (Å²) in [6.45, 7) is 0.0461. The van der Waals surface area contributed by atoms with E-state index in [1.54, 1.807) is 24.3 Å². The predicted octanol–water partition coefficient (Wildman–Crippen LogP) is 4.40. The van der Waals surface area contributed by atoms with Gasteiger partial charge in [-0.15, -0.1) is 0 Å². The molecule has 0 bridgehead atoms. The van der Waals surface area contributed by atoms with E-state index in [4.69, 9.17) is 16.3 Å². The van der Waals surface area contributed by atoms with Crippen molar-refractivity contribution < 1.29 is 22.7 Å². The third kappa shape index (κ3) is 5.35. The van der Waals surface area contributed by atoms with E-state index in [1.165, 1.54) is 25.3 Å². The fourth-order valence-electron chi connectivity index (χ4n) is 2.54. The van der Waals surface area contributed by atoms with Crippen molar-refractivity contribution in [1.82, 2.24) is 4.72 Å². The molecule has 0 spiro atoms. The van der Waals surface area contributed by atoms with Gasteiger partial charge in [0.25, 0.3) is 0 Å². The summed E-state index contributed by atoms with van der Waals surface area (Å²) in [5.74, 6) is 0.562. The zero-order chi connectivity index (χ0) is 20.9. The fraction of sp³-hybridized carbons (Fsp3) is 0.0952. The second-order valence-electron chi connectivity index (χ2n) is 6.02. The molecular weight excluding hydrogens is 414 g/mol. The zero-order valence-corrected chi connectivity index (χ0v) is 17.0. The molecule has 0 amide bonds. The van der Waals surface area contributed by atoms with Gasteiger partial charge in [0.2, 0.25) is 10.0 Å². The first-order valence-electron chi connectivity index (χ1n) is 8.58. The second kappa shape index (κ2) is 9.09. The van der Waals surface area contributed by atoms with E-state index in [2.05, 4.69) is 9.46 Å². The maximum absolute atomic E-state index is 12.6. The highest BCUT2D eigenvalue weighted by molar-refractivity contribution is 7.89. The van der Waals surface area contributed by atoms with Crippen molar-refractivity contribution in [2.75, 3.05) is 7.11 Å². The first-order chi connectivity index (χ1) is 13.9. The molecule has 0 saturated carbocycles. The third-order valence-electron chi connectivity index (χ3n) is 4.00. The van der Waals surface area contributed by atoms with Crippen LogP contribution in [0.2, 0.25) is 5.02 Å². The Morgan fingerprint density at radius 3 is 2.41 bits per heavy atom. The number of hydrogen-bond donors (Lipinski definition) is 1. The molecule has 6 nitrogen and oxygen atoms in total. The summed E-state index contributed by atoms with van der Waals surface area (Å²) in [7, 11) is -2.67. The molecule has 0 aliphatic carbocycles. The lowest BCUT2D eigenvalue weighted by Gasteiger charge is -2.10. The van der Waals surface area contributed by atoms with E-state index in [9.17, 15) is 13.2 Å². The molecule has 1 N–H and O–H groups in total. The number of rotatable bonds is 7. The van der Waals surface area contributed by atoms with Gasteiger partial charge in [-0.2, -0.15) is 0 Å². The van der Waals surface area contributed by atoms with E-state index in [1.807, 2.05) is 30.3 Å². The van der Waals surface area contributed by atoms with Gasteiger partial charge < -0.3 is 9.47 Å². The Morgan fingerprint density at radius 2 is 1.69 bits per heavy atom. The number of nitrogens with one attached hydrogen (secondary N) is 1. The minimum absolute atomic E-state index is 0.0182. The van der Waals surface area contributed by atoms with Gasteiger partial charge in [0.15, 0.2) is 0 Å². The van der Waals surface area contributed by atoms with Gasteiger partial charge in [0, 0.05) is 6.54 Å². The Hall–Kier alpha value is -2.87. The highest BCUT2D eigenvalue weighted by Crippen LogP contribution is 2.23. The Morgan fingerprint density at radius 1 is 0.966 bits per heavy atom. The van der Waals surface area contributed by atoms with Crippen molar-refractivity contribution in [3.05, 3.63) is 88.9 Å². The Labute approximate surface area is 174 Å². The summed E-state index contributed by atoms with van der Waals surface area (Å²) in [5, 5.41) is 0.113. The number of ether oxygens (including phenoxy) is 2. The molecule has 8 heteroatoms. The van der Waals surface area contributed by atoms with E-state index >= 15 is 0 Å².